The summed E-state index contributed by atoms with van der Waals surface area (Å²) in [6.07, 6.45) is 2.13. The Hall–Kier alpha value is -3.32. The summed E-state index contributed by atoms with van der Waals surface area (Å²) in [5.74, 6) is 4.62. The summed E-state index contributed by atoms with van der Waals surface area (Å²) >= 11 is 10.9. The number of phenols is 1. The van der Waals surface area contributed by atoms with E-state index in [9.17, 15) is 9.50 Å². The number of piperazine rings is 1. The van der Waals surface area contributed by atoms with E-state index in [-0.39, 0.29) is 44.9 Å². The average molecular weight is 553 g/mol. The van der Waals surface area contributed by atoms with Crippen molar-refractivity contribution in [3.8, 4) is 34.7 Å². The van der Waals surface area contributed by atoms with Crippen molar-refractivity contribution in [2.75, 3.05) is 23.9 Å². The first-order chi connectivity index (χ1) is 18.4. The monoisotopic (exact) mass is 552 g/mol. The quantitative estimate of drug-likeness (QED) is 0.172. The summed E-state index contributed by atoms with van der Waals surface area (Å²) in [6.45, 7) is 3.00. The fraction of sp³-hybridized carbons (Fsp3) is 0.286. The highest BCUT2D eigenvalue weighted by Crippen LogP contribution is 2.44. The second kappa shape index (κ2) is 9.77. The fourth-order valence-corrected chi connectivity index (χ4v) is 6.02. The maximum absolute atomic E-state index is 16.5. The topological polar surface area (TPSA) is 70.5 Å². The van der Waals surface area contributed by atoms with Crippen LogP contribution >= 0.6 is 24.2 Å². The van der Waals surface area contributed by atoms with Gasteiger partial charge in [0.25, 0.3) is 0 Å². The molecule has 0 radical (unpaired) electrons. The summed E-state index contributed by atoms with van der Waals surface area (Å²) in [5, 5.41) is 15.4. The minimum absolute atomic E-state index is 0.00749. The van der Waals surface area contributed by atoms with E-state index in [1.165, 1.54) is 24.3 Å². The van der Waals surface area contributed by atoms with Crippen LogP contribution in [0.3, 0.4) is 0 Å². The van der Waals surface area contributed by atoms with Crippen LogP contribution in [0.25, 0.3) is 32.8 Å². The van der Waals surface area contributed by atoms with Crippen LogP contribution in [-0.2, 0) is 0 Å². The number of benzene rings is 3. The maximum atomic E-state index is 16.5. The number of anilines is 1. The van der Waals surface area contributed by atoms with Gasteiger partial charge in [-0.2, -0.15) is 9.97 Å². The fourth-order valence-electron chi connectivity index (χ4n) is 5.61. The molecule has 2 aliphatic rings. The molecule has 2 aliphatic heterocycles. The molecule has 2 N–H and O–H groups in total. The zero-order chi connectivity index (χ0) is 26.6. The zero-order valence-corrected chi connectivity index (χ0v) is 22.0. The van der Waals surface area contributed by atoms with Crippen LogP contribution < -0.4 is 15.0 Å². The Morgan fingerprint density at radius 3 is 2.66 bits per heavy atom. The lowest BCUT2D eigenvalue weighted by molar-refractivity contribution is 0.362. The SMILES string of the molecule is CC#Cc1c(F)ccc2cc(O)cc(-c3c(Cl)cc4c(N5CC6CCC(C5)N6)nc(OCS)nc4c3F)c12. The second-order valence-corrected chi connectivity index (χ2v) is 10.1. The molecule has 10 heteroatoms. The lowest BCUT2D eigenvalue weighted by Gasteiger charge is -2.34. The number of hydrogen-bond acceptors (Lipinski definition) is 7. The number of halogens is 3. The molecule has 1 aromatic heterocycles. The molecule has 3 heterocycles. The molecule has 4 aromatic rings. The molecular formula is C28H23ClF2N4O2S. The first-order valence-corrected chi connectivity index (χ1v) is 13.2. The van der Waals surface area contributed by atoms with Gasteiger partial charge in [-0.25, -0.2) is 8.78 Å². The highest BCUT2D eigenvalue weighted by atomic mass is 35.5. The molecule has 3 aromatic carbocycles. The van der Waals surface area contributed by atoms with Crippen LogP contribution in [0.15, 0.2) is 30.3 Å². The van der Waals surface area contributed by atoms with Gasteiger partial charge in [-0.05, 0) is 55.0 Å². The van der Waals surface area contributed by atoms with Crippen LogP contribution in [0.5, 0.6) is 11.8 Å². The third-order valence-corrected chi connectivity index (χ3v) is 7.55. The Balaban J connectivity index is 1.64. The number of aromatic hydroxyl groups is 1. The van der Waals surface area contributed by atoms with E-state index in [4.69, 9.17) is 16.3 Å². The van der Waals surface area contributed by atoms with Gasteiger partial charge >= 0.3 is 6.01 Å². The number of rotatable bonds is 4. The van der Waals surface area contributed by atoms with Gasteiger partial charge in [0.1, 0.15) is 28.8 Å². The second-order valence-electron chi connectivity index (χ2n) is 9.48. The van der Waals surface area contributed by atoms with E-state index in [1.54, 1.807) is 13.0 Å². The lowest BCUT2D eigenvalue weighted by Crippen LogP contribution is -2.51. The smallest absolute Gasteiger partial charge is 0.319 e. The van der Waals surface area contributed by atoms with E-state index in [0.717, 1.165) is 12.8 Å². The minimum Gasteiger partial charge on any atom is -0.508 e. The number of phenolic OH excluding ortho intramolecular Hbond substituents is 1. The van der Waals surface area contributed by atoms with Crippen LogP contribution in [0, 0.1) is 23.5 Å². The minimum atomic E-state index is -0.732. The van der Waals surface area contributed by atoms with E-state index < -0.39 is 11.6 Å². The first kappa shape index (κ1) is 25.0. The third-order valence-electron chi connectivity index (χ3n) is 7.12. The Morgan fingerprint density at radius 2 is 1.95 bits per heavy atom. The van der Waals surface area contributed by atoms with E-state index >= 15 is 4.39 Å². The van der Waals surface area contributed by atoms with Gasteiger partial charge in [0.15, 0.2) is 5.82 Å². The molecule has 0 saturated carbocycles. The molecule has 2 bridgehead atoms. The standard InChI is InChI=1S/C28H23ClF2N4O2S/c1-2-3-18-22(30)7-4-14-8-17(36)9-19(23(14)18)24-21(29)10-20-26(25(24)31)33-28(37-13-38)34-27(20)35-11-15-5-6-16(12-35)32-15/h4,7-10,15-16,32,36,38H,5-6,11-13H2,1H3. The molecule has 6 nitrogen and oxygen atoms in total. The van der Waals surface area contributed by atoms with Gasteiger partial charge in [-0.15, -0.1) is 18.5 Å². The number of ether oxygens (including phenoxy) is 1. The highest BCUT2D eigenvalue weighted by Gasteiger charge is 2.34. The number of hydrogen-bond donors (Lipinski definition) is 3. The molecular weight excluding hydrogens is 530 g/mol. The largest absolute Gasteiger partial charge is 0.508 e. The number of thiol groups is 1. The van der Waals surface area contributed by atoms with Gasteiger partial charge < -0.3 is 20.1 Å². The van der Waals surface area contributed by atoms with Gasteiger partial charge in [0.2, 0.25) is 0 Å². The normalized spacial score (nSPS) is 18.6. The number of nitrogens with one attached hydrogen (secondary N) is 1. The maximum Gasteiger partial charge on any atom is 0.319 e. The highest BCUT2D eigenvalue weighted by molar-refractivity contribution is 7.80. The molecule has 0 aliphatic carbocycles. The van der Waals surface area contributed by atoms with E-state index in [1.807, 2.05) is 0 Å². The van der Waals surface area contributed by atoms with E-state index in [2.05, 4.69) is 44.7 Å². The van der Waals surface area contributed by atoms with E-state index in [0.29, 0.717) is 47.1 Å². The van der Waals surface area contributed by atoms with Crippen molar-refractivity contribution in [1.82, 2.24) is 15.3 Å². The number of nitrogens with zero attached hydrogens (tertiary/aromatic N) is 3. The third kappa shape index (κ3) is 4.17. The van der Waals surface area contributed by atoms with Gasteiger partial charge in [0.05, 0.1) is 10.6 Å². The van der Waals surface area contributed by atoms with Crippen molar-refractivity contribution in [2.24, 2.45) is 0 Å². The molecule has 6 rings (SSSR count). The van der Waals surface area contributed by atoms with Crippen LogP contribution in [-0.4, -0.2) is 46.2 Å². The predicted octanol–water partition coefficient (Wildman–Crippen LogP) is 5.67. The van der Waals surface area contributed by atoms with Gasteiger partial charge in [0, 0.05) is 41.5 Å². The molecule has 2 atom stereocenters. The molecule has 194 valence electrons. The van der Waals surface area contributed by atoms with Crippen molar-refractivity contribution in [1.29, 1.82) is 0 Å². The Labute approximate surface area is 228 Å². The molecule has 2 fully saturated rings. The summed E-state index contributed by atoms with van der Waals surface area (Å²) < 4.78 is 36.9. The average Bonchev–Trinajstić information content (AvgIpc) is 3.23. The van der Waals surface area contributed by atoms with Crippen molar-refractivity contribution in [3.05, 3.63) is 52.6 Å². The molecule has 2 unspecified atom stereocenters. The summed E-state index contributed by atoms with van der Waals surface area (Å²) in [7, 11) is 0. The Kier molecular flexibility index (Phi) is 6.42. The number of fused-ring (bicyclic) bond motifs is 4. The van der Waals surface area contributed by atoms with Crippen molar-refractivity contribution in [3.63, 3.8) is 0 Å². The molecule has 38 heavy (non-hydrogen) atoms. The predicted molar refractivity (Wildman–Crippen MR) is 148 cm³/mol. The first-order valence-electron chi connectivity index (χ1n) is 12.2. The van der Waals surface area contributed by atoms with Crippen molar-refractivity contribution < 1.29 is 18.6 Å². The van der Waals surface area contributed by atoms with Crippen LogP contribution in [0.4, 0.5) is 14.6 Å². The lowest BCUT2D eigenvalue weighted by atomic mass is 9.92. The Morgan fingerprint density at radius 1 is 1.18 bits per heavy atom. The zero-order valence-electron chi connectivity index (χ0n) is 20.4. The molecule has 0 amide bonds. The van der Waals surface area contributed by atoms with Crippen LogP contribution in [0.2, 0.25) is 5.02 Å². The Bertz CT molecular complexity index is 1660. The van der Waals surface area contributed by atoms with Gasteiger partial charge in [-0.1, -0.05) is 23.6 Å². The summed E-state index contributed by atoms with van der Waals surface area (Å²) in [6, 6.07) is 7.87. The van der Waals surface area contributed by atoms with Crippen molar-refractivity contribution in [2.45, 2.75) is 31.8 Å². The van der Waals surface area contributed by atoms with Crippen LogP contribution in [0.1, 0.15) is 25.3 Å². The van der Waals surface area contributed by atoms with Gasteiger partial charge in [-0.3, -0.25) is 0 Å². The van der Waals surface area contributed by atoms with Crippen molar-refractivity contribution >= 4 is 51.7 Å². The molecule has 2 saturated heterocycles. The summed E-state index contributed by atoms with van der Waals surface area (Å²) in [4.78, 5) is 11.1. The number of aromatic nitrogens is 2. The summed E-state index contributed by atoms with van der Waals surface area (Å²) in [5.41, 5.74) is 0.285. The molecule has 0 spiro atoms.